The maximum atomic E-state index is 12.0. The molecule has 0 aromatic rings. The maximum absolute atomic E-state index is 12.0. The van der Waals surface area contributed by atoms with Gasteiger partial charge in [-0.25, -0.2) is 0 Å². The van der Waals surface area contributed by atoms with Crippen LogP contribution in [-0.2, 0) is 9.53 Å². The third-order valence-electron chi connectivity index (χ3n) is 9.77. The second-order valence-corrected chi connectivity index (χ2v) is 10.3. The Kier molecular flexibility index (Phi) is 3.18. The number of carbonyl (C=O) groups is 1. The molecule has 26 heavy (non-hydrogen) atoms. The first-order valence-corrected chi connectivity index (χ1v) is 11.2. The molecule has 6 rings (SSSR count). The van der Waals surface area contributed by atoms with Crippen molar-refractivity contribution >= 4 is 5.78 Å². The predicted octanol–water partition coefficient (Wildman–Crippen LogP) is 4.95. The Bertz CT molecular complexity index is 720. The fourth-order valence-corrected chi connectivity index (χ4v) is 9.05. The van der Waals surface area contributed by atoms with Crippen LogP contribution in [-0.4, -0.2) is 18.0 Å². The average molecular weight is 353 g/mol. The zero-order chi connectivity index (χ0) is 17.7. The summed E-state index contributed by atoms with van der Waals surface area (Å²) < 4.78 is 6.59. The van der Waals surface area contributed by atoms with Crippen LogP contribution in [0.15, 0.2) is 23.8 Å². The Balaban J connectivity index is 1.43. The number of ketones is 1. The molecule has 0 aromatic carbocycles. The summed E-state index contributed by atoms with van der Waals surface area (Å²) in [7, 11) is 0. The minimum Gasteiger partial charge on any atom is -0.366 e. The molecule has 4 saturated carbocycles. The van der Waals surface area contributed by atoms with E-state index in [4.69, 9.17) is 4.74 Å². The third-order valence-corrected chi connectivity index (χ3v) is 9.77. The lowest BCUT2D eigenvalue weighted by molar-refractivity contribution is -0.150. The largest absolute Gasteiger partial charge is 0.366 e. The first-order chi connectivity index (χ1) is 12.6. The van der Waals surface area contributed by atoms with Gasteiger partial charge >= 0.3 is 0 Å². The van der Waals surface area contributed by atoms with E-state index in [1.165, 1.54) is 37.7 Å². The lowest BCUT2D eigenvalue weighted by Crippen LogP contribution is -2.57. The van der Waals surface area contributed by atoms with Gasteiger partial charge in [0, 0.05) is 11.8 Å². The zero-order valence-corrected chi connectivity index (χ0v) is 16.2. The molecular formula is C24H32O2. The van der Waals surface area contributed by atoms with Crippen molar-refractivity contribution in [2.24, 2.45) is 46.8 Å². The van der Waals surface area contributed by atoms with Crippen LogP contribution in [0.5, 0.6) is 0 Å². The monoisotopic (exact) mass is 352 g/mol. The van der Waals surface area contributed by atoms with Crippen LogP contribution in [0, 0.1) is 46.8 Å². The summed E-state index contributed by atoms with van der Waals surface area (Å²) in [5.41, 5.74) is 1.96. The lowest BCUT2D eigenvalue weighted by atomic mass is 9.46. The molecule has 0 N–H and O–H groups in total. The minimum atomic E-state index is 0.0699. The quantitative estimate of drug-likeness (QED) is 0.625. The molecule has 1 spiro atoms. The number of carbonyl (C=O) groups excluding carboxylic acids is 1. The second-order valence-electron chi connectivity index (χ2n) is 10.3. The summed E-state index contributed by atoms with van der Waals surface area (Å²) in [4.78, 5) is 12.0. The van der Waals surface area contributed by atoms with Gasteiger partial charge in [0.05, 0.1) is 12.2 Å². The number of fused-ring (bicyclic) bond motifs is 9. The fraction of sp³-hybridized carbons (Fsp3) is 0.792. The third kappa shape index (κ3) is 1.72. The molecule has 2 nitrogen and oxygen atoms in total. The van der Waals surface area contributed by atoms with Gasteiger partial charge in [0.2, 0.25) is 0 Å². The molecule has 5 aliphatic carbocycles. The molecule has 0 aromatic heterocycles. The van der Waals surface area contributed by atoms with Gasteiger partial charge in [-0.15, -0.1) is 0 Å². The first-order valence-electron chi connectivity index (χ1n) is 11.2. The number of ether oxygens (including phenoxy) is 1. The summed E-state index contributed by atoms with van der Waals surface area (Å²) in [6.45, 7) is 5.76. The van der Waals surface area contributed by atoms with Crippen molar-refractivity contribution in [3.63, 3.8) is 0 Å². The van der Waals surface area contributed by atoms with Crippen LogP contribution in [0.1, 0.15) is 58.8 Å². The highest BCUT2D eigenvalue weighted by atomic mass is 16.5. The highest BCUT2D eigenvalue weighted by molar-refractivity contribution is 5.91. The van der Waals surface area contributed by atoms with Crippen molar-refractivity contribution in [2.75, 3.05) is 6.61 Å². The number of allylic oxidation sites excluding steroid dienone is 1. The van der Waals surface area contributed by atoms with Crippen LogP contribution in [0.2, 0.25) is 0 Å². The molecule has 4 fully saturated rings. The molecular weight excluding hydrogens is 320 g/mol. The molecule has 6 aliphatic rings. The van der Waals surface area contributed by atoms with Crippen molar-refractivity contribution in [3.8, 4) is 0 Å². The van der Waals surface area contributed by atoms with Crippen molar-refractivity contribution in [2.45, 2.75) is 64.4 Å². The molecule has 1 aliphatic heterocycles. The van der Waals surface area contributed by atoms with Gasteiger partial charge in [0.15, 0.2) is 5.78 Å². The lowest BCUT2D eigenvalue weighted by Gasteiger charge is -2.60. The Labute approximate surface area is 157 Å². The van der Waals surface area contributed by atoms with Crippen molar-refractivity contribution in [1.29, 1.82) is 0 Å². The molecule has 9 atom stereocenters. The molecule has 140 valence electrons. The van der Waals surface area contributed by atoms with Gasteiger partial charge < -0.3 is 4.74 Å². The standard InChI is InChI=1S/C24H32O2/c1-3-23-9-7-18-17-6-5-16(25)12-15(17)11-14(2)21(18)22(23)19-13-20(19)24(23)8-4-10-26-24/h4,8,12,14,17-22H,3,5-7,9-11,13H2,1-2H3/t14-,17-,18?,19+,20-,21?,22?,23-,24-/m0/s1. The van der Waals surface area contributed by atoms with E-state index in [-0.39, 0.29) is 5.60 Å². The van der Waals surface area contributed by atoms with E-state index >= 15 is 0 Å². The van der Waals surface area contributed by atoms with E-state index in [9.17, 15) is 4.79 Å². The molecule has 2 heteroatoms. The molecule has 0 amide bonds. The van der Waals surface area contributed by atoms with E-state index in [1.54, 1.807) is 0 Å². The topological polar surface area (TPSA) is 26.3 Å². The maximum Gasteiger partial charge on any atom is 0.155 e. The number of hydrogen-bond acceptors (Lipinski definition) is 2. The highest BCUT2D eigenvalue weighted by Crippen LogP contribution is 2.78. The van der Waals surface area contributed by atoms with E-state index in [0.717, 1.165) is 55.0 Å². The van der Waals surface area contributed by atoms with Crippen LogP contribution < -0.4 is 0 Å². The van der Waals surface area contributed by atoms with Crippen molar-refractivity contribution in [1.82, 2.24) is 0 Å². The predicted molar refractivity (Wildman–Crippen MR) is 101 cm³/mol. The van der Waals surface area contributed by atoms with Gasteiger partial charge in [-0.1, -0.05) is 31.6 Å². The summed E-state index contributed by atoms with van der Waals surface area (Å²) in [6.07, 6.45) is 15.3. The van der Waals surface area contributed by atoms with E-state index in [2.05, 4.69) is 26.0 Å². The molecule has 1 heterocycles. The summed E-state index contributed by atoms with van der Waals surface area (Å²) in [6, 6.07) is 0. The summed E-state index contributed by atoms with van der Waals surface area (Å²) in [5, 5.41) is 0. The van der Waals surface area contributed by atoms with Gasteiger partial charge in [0.1, 0.15) is 0 Å². The summed E-state index contributed by atoms with van der Waals surface area (Å²) in [5.74, 6) is 6.05. The highest BCUT2D eigenvalue weighted by Gasteiger charge is 2.77. The zero-order valence-electron chi connectivity index (χ0n) is 16.2. The molecule has 0 radical (unpaired) electrons. The SMILES string of the molecule is CC[C@]12CCC3C(C1[C@@H]1C[C@@H]1[C@@]21C=CCO1)[C@@H](C)CC1=CC(=O)CC[C@@H]13. The average Bonchev–Trinajstić information content (AvgIpc) is 3.21. The van der Waals surface area contributed by atoms with Crippen LogP contribution in [0.4, 0.5) is 0 Å². The van der Waals surface area contributed by atoms with E-state index in [1.807, 2.05) is 6.08 Å². The Morgan fingerprint density at radius 3 is 2.92 bits per heavy atom. The molecule has 3 unspecified atom stereocenters. The van der Waals surface area contributed by atoms with Crippen molar-refractivity contribution < 1.29 is 9.53 Å². The number of rotatable bonds is 1. The second kappa shape index (κ2) is 5.13. The van der Waals surface area contributed by atoms with Crippen LogP contribution >= 0.6 is 0 Å². The first kappa shape index (κ1) is 16.1. The fourth-order valence-electron chi connectivity index (χ4n) is 9.05. The Hall–Kier alpha value is -0.890. The van der Waals surface area contributed by atoms with E-state index < -0.39 is 0 Å². The van der Waals surface area contributed by atoms with Gasteiger partial charge in [0.25, 0.3) is 0 Å². The number of hydrogen-bond donors (Lipinski definition) is 0. The Morgan fingerprint density at radius 2 is 2.15 bits per heavy atom. The van der Waals surface area contributed by atoms with Gasteiger partial charge in [-0.05, 0) is 86.0 Å². The summed E-state index contributed by atoms with van der Waals surface area (Å²) >= 11 is 0. The Morgan fingerprint density at radius 1 is 1.27 bits per heavy atom. The van der Waals surface area contributed by atoms with Crippen LogP contribution in [0.25, 0.3) is 0 Å². The van der Waals surface area contributed by atoms with Gasteiger partial charge in [-0.2, -0.15) is 0 Å². The van der Waals surface area contributed by atoms with Gasteiger partial charge in [-0.3, -0.25) is 4.79 Å². The van der Waals surface area contributed by atoms with Crippen molar-refractivity contribution in [3.05, 3.63) is 23.8 Å². The minimum absolute atomic E-state index is 0.0699. The van der Waals surface area contributed by atoms with E-state index in [0.29, 0.717) is 17.1 Å². The smallest absolute Gasteiger partial charge is 0.155 e. The van der Waals surface area contributed by atoms with Crippen LogP contribution in [0.3, 0.4) is 0 Å². The molecule has 0 bridgehead atoms. The molecule has 0 saturated heterocycles. The normalized spacial score (nSPS) is 56.6.